The summed E-state index contributed by atoms with van der Waals surface area (Å²) in [6.07, 6.45) is 3.04. The lowest BCUT2D eigenvalue weighted by molar-refractivity contribution is -0.135. The maximum Gasteiger partial charge on any atom is 0.389 e. The number of aromatic nitrogens is 2. The fourth-order valence-corrected chi connectivity index (χ4v) is 2.71. The molecule has 0 amide bonds. The summed E-state index contributed by atoms with van der Waals surface area (Å²) in [5.41, 5.74) is 0.843. The molecule has 3 nitrogen and oxygen atoms in total. The third-order valence-electron chi connectivity index (χ3n) is 3.69. The molecule has 114 valence electrons. The Morgan fingerprint density at radius 1 is 1.30 bits per heavy atom. The van der Waals surface area contributed by atoms with Gasteiger partial charge in [0.2, 0.25) is 5.95 Å². The fraction of sp³-hybridized carbons (Fsp3) is 0.786. The van der Waals surface area contributed by atoms with Crippen LogP contribution in [0.3, 0.4) is 0 Å². The van der Waals surface area contributed by atoms with Gasteiger partial charge in [0.1, 0.15) is 0 Å². The van der Waals surface area contributed by atoms with E-state index in [0.29, 0.717) is 12.6 Å². The monoisotopic (exact) mass is 289 g/mol. The molecule has 2 rings (SSSR count). The van der Waals surface area contributed by atoms with E-state index < -0.39 is 12.6 Å². The van der Waals surface area contributed by atoms with E-state index in [-0.39, 0.29) is 6.42 Å². The number of hydrogen-bond donors (Lipinski definition) is 1. The van der Waals surface area contributed by atoms with Gasteiger partial charge in [0, 0.05) is 25.2 Å². The molecule has 1 aromatic rings. The molecule has 0 saturated heterocycles. The number of nitrogens with one attached hydrogen (secondary N) is 1. The molecule has 0 bridgehead atoms. The Hall–Kier alpha value is -1.20. The summed E-state index contributed by atoms with van der Waals surface area (Å²) < 4.78 is 38.4. The highest BCUT2D eigenvalue weighted by Crippen LogP contribution is 2.24. The van der Waals surface area contributed by atoms with Crippen LogP contribution in [0.2, 0.25) is 0 Å². The zero-order valence-electron chi connectivity index (χ0n) is 11.8. The van der Waals surface area contributed by atoms with Crippen molar-refractivity contribution in [2.45, 2.75) is 70.6 Å². The molecular weight excluding hydrogens is 267 g/mol. The van der Waals surface area contributed by atoms with Gasteiger partial charge in [-0.3, -0.25) is 0 Å². The molecule has 1 N–H and O–H groups in total. The van der Waals surface area contributed by atoms with E-state index in [4.69, 9.17) is 0 Å². The molecule has 0 atom stereocenters. The Bertz CT molecular complexity index is 420. The van der Waals surface area contributed by atoms with Crippen molar-refractivity contribution >= 4 is 5.95 Å². The number of imidazole rings is 1. The minimum Gasteiger partial charge on any atom is -0.353 e. The number of nitrogens with zero attached hydrogens (tertiary/aromatic N) is 2. The van der Waals surface area contributed by atoms with Crippen molar-refractivity contribution in [3.8, 4) is 0 Å². The lowest BCUT2D eigenvalue weighted by atomic mass is 9.96. The van der Waals surface area contributed by atoms with Gasteiger partial charge in [-0.05, 0) is 26.2 Å². The van der Waals surface area contributed by atoms with E-state index in [0.717, 1.165) is 24.5 Å². The van der Waals surface area contributed by atoms with Gasteiger partial charge in [0.15, 0.2) is 0 Å². The first-order valence-corrected chi connectivity index (χ1v) is 7.31. The third kappa shape index (κ3) is 4.72. The Morgan fingerprint density at radius 2 is 2.00 bits per heavy atom. The normalized spacial score (nSPS) is 17.4. The van der Waals surface area contributed by atoms with E-state index >= 15 is 0 Å². The van der Waals surface area contributed by atoms with E-state index in [1.54, 1.807) is 0 Å². The van der Waals surface area contributed by atoms with E-state index in [9.17, 15) is 13.2 Å². The third-order valence-corrected chi connectivity index (χ3v) is 3.69. The second-order valence-electron chi connectivity index (χ2n) is 5.60. The van der Waals surface area contributed by atoms with Gasteiger partial charge < -0.3 is 9.88 Å². The van der Waals surface area contributed by atoms with E-state index in [1.807, 2.05) is 17.7 Å². The topological polar surface area (TPSA) is 29.9 Å². The van der Waals surface area contributed by atoms with Crippen molar-refractivity contribution in [3.05, 3.63) is 11.9 Å². The molecule has 0 spiro atoms. The largest absolute Gasteiger partial charge is 0.389 e. The number of aryl methyl sites for hydroxylation is 2. The number of rotatable bonds is 5. The lowest BCUT2D eigenvalue weighted by Gasteiger charge is -2.23. The van der Waals surface area contributed by atoms with Crippen LogP contribution in [0.15, 0.2) is 6.20 Å². The second kappa shape index (κ2) is 6.50. The minimum absolute atomic E-state index is 0.0959. The highest BCUT2D eigenvalue weighted by molar-refractivity contribution is 5.30. The maximum atomic E-state index is 12.2. The van der Waals surface area contributed by atoms with Crippen LogP contribution in [-0.4, -0.2) is 21.8 Å². The molecular formula is C14H22F3N3. The first-order chi connectivity index (χ1) is 9.44. The quantitative estimate of drug-likeness (QED) is 0.877. The Balaban J connectivity index is 1.91. The number of halogens is 3. The lowest BCUT2D eigenvalue weighted by Crippen LogP contribution is -2.24. The van der Waals surface area contributed by atoms with Crippen LogP contribution in [0.4, 0.5) is 19.1 Å². The highest BCUT2D eigenvalue weighted by Gasteiger charge is 2.26. The summed E-state index contributed by atoms with van der Waals surface area (Å²) in [6.45, 7) is 2.22. The molecule has 0 radical (unpaired) electrons. The van der Waals surface area contributed by atoms with Crippen LogP contribution in [0.5, 0.6) is 0 Å². The summed E-state index contributed by atoms with van der Waals surface area (Å²) in [6, 6.07) is 0.409. The Morgan fingerprint density at radius 3 is 2.65 bits per heavy atom. The fourth-order valence-electron chi connectivity index (χ4n) is 2.71. The predicted octanol–water partition coefficient (Wildman–Crippen LogP) is 4.28. The van der Waals surface area contributed by atoms with Crippen LogP contribution in [0, 0.1) is 6.92 Å². The summed E-state index contributed by atoms with van der Waals surface area (Å²) in [7, 11) is 0. The van der Waals surface area contributed by atoms with Gasteiger partial charge in [-0.15, -0.1) is 0 Å². The zero-order chi connectivity index (χ0) is 14.6. The van der Waals surface area contributed by atoms with Crippen molar-refractivity contribution in [2.75, 3.05) is 5.32 Å². The average Bonchev–Trinajstić information content (AvgIpc) is 2.69. The van der Waals surface area contributed by atoms with Crippen LogP contribution in [-0.2, 0) is 6.54 Å². The molecule has 1 aromatic heterocycles. The van der Waals surface area contributed by atoms with Crippen molar-refractivity contribution in [1.82, 2.24) is 9.55 Å². The Kier molecular flexibility index (Phi) is 4.94. The summed E-state index contributed by atoms with van der Waals surface area (Å²) in [4.78, 5) is 4.39. The average molecular weight is 289 g/mol. The van der Waals surface area contributed by atoms with Crippen LogP contribution < -0.4 is 5.32 Å². The number of hydrogen-bond acceptors (Lipinski definition) is 2. The predicted molar refractivity (Wildman–Crippen MR) is 72.7 cm³/mol. The smallest absolute Gasteiger partial charge is 0.353 e. The van der Waals surface area contributed by atoms with Crippen molar-refractivity contribution < 1.29 is 13.2 Å². The van der Waals surface area contributed by atoms with Gasteiger partial charge in [0.05, 0.1) is 5.69 Å². The Labute approximate surface area is 117 Å². The zero-order valence-corrected chi connectivity index (χ0v) is 11.8. The molecule has 1 aliphatic rings. The van der Waals surface area contributed by atoms with Crippen molar-refractivity contribution in [2.24, 2.45) is 0 Å². The molecule has 20 heavy (non-hydrogen) atoms. The first-order valence-electron chi connectivity index (χ1n) is 7.31. The van der Waals surface area contributed by atoms with Gasteiger partial charge in [-0.1, -0.05) is 19.3 Å². The van der Waals surface area contributed by atoms with E-state index in [1.165, 1.54) is 19.3 Å². The van der Waals surface area contributed by atoms with Crippen LogP contribution in [0.1, 0.15) is 50.6 Å². The highest BCUT2D eigenvalue weighted by atomic mass is 19.4. The van der Waals surface area contributed by atoms with Crippen molar-refractivity contribution in [3.63, 3.8) is 0 Å². The summed E-state index contributed by atoms with van der Waals surface area (Å²) in [5, 5.41) is 3.39. The first kappa shape index (κ1) is 15.2. The molecule has 0 aliphatic heterocycles. The van der Waals surface area contributed by atoms with Crippen molar-refractivity contribution in [1.29, 1.82) is 0 Å². The molecule has 1 aliphatic carbocycles. The maximum absolute atomic E-state index is 12.2. The molecule has 1 saturated carbocycles. The van der Waals surface area contributed by atoms with E-state index in [2.05, 4.69) is 10.3 Å². The van der Waals surface area contributed by atoms with Gasteiger partial charge in [-0.2, -0.15) is 13.2 Å². The molecule has 0 aromatic carbocycles. The molecule has 1 fully saturated rings. The summed E-state index contributed by atoms with van der Waals surface area (Å²) in [5.74, 6) is 0.719. The minimum atomic E-state index is -4.08. The van der Waals surface area contributed by atoms with Crippen LogP contribution >= 0.6 is 0 Å². The summed E-state index contributed by atoms with van der Waals surface area (Å²) >= 11 is 0. The number of anilines is 1. The SMILES string of the molecule is Cc1cn(CCCC(F)(F)F)c(NC2CCCCC2)n1. The van der Waals surface area contributed by atoms with Gasteiger partial charge in [0.25, 0.3) is 0 Å². The van der Waals surface area contributed by atoms with Gasteiger partial charge >= 0.3 is 6.18 Å². The standard InChI is InChI=1S/C14H22F3N3/c1-11-10-20(9-5-8-14(15,16)17)13(18-11)19-12-6-3-2-4-7-12/h10,12H,2-9H2,1H3,(H,18,19). The second-order valence-corrected chi connectivity index (χ2v) is 5.60. The number of alkyl halides is 3. The van der Waals surface area contributed by atoms with Crippen LogP contribution in [0.25, 0.3) is 0 Å². The molecule has 0 unspecified atom stereocenters. The van der Waals surface area contributed by atoms with Gasteiger partial charge in [-0.25, -0.2) is 4.98 Å². The molecule has 1 heterocycles. The molecule has 6 heteroatoms.